The third-order valence-electron chi connectivity index (χ3n) is 2.94. The highest BCUT2D eigenvalue weighted by molar-refractivity contribution is 5.53. The van der Waals surface area contributed by atoms with Crippen LogP contribution in [0.25, 0.3) is 5.69 Å². The van der Waals surface area contributed by atoms with Gasteiger partial charge >= 0.3 is 0 Å². The number of anilines is 2. The van der Waals surface area contributed by atoms with Crippen molar-refractivity contribution in [3.63, 3.8) is 0 Å². The van der Waals surface area contributed by atoms with E-state index in [1.54, 1.807) is 0 Å². The van der Waals surface area contributed by atoms with E-state index in [0.717, 1.165) is 11.5 Å². The minimum atomic E-state index is 0.550. The third kappa shape index (κ3) is 2.11. The number of hydrogen-bond donors (Lipinski definition) is 2. The fraction of sp³-hybridized carbons (Fsp3) is 0.308. The first-order valence-electron chi connectivity index (χ1n) is 5.91. The molecule has 0 aliphatic heterocycles. The molecule has 0 radical (unpaired) electrons. The summed E-state index contributed by atoms with van der Waals surface area (Å²) in [5.41, 5.74) is 8.05. The van der Waals surface area contributed by atoms with Crippen LogP contribution in [0.1, 0.15) is 18.4 Å². The van der Waals surface area contributed by atoms with E-state index in [1.807, 2.05) is 10.7 Å². The van der Waals surface area contributed by atoms with Crippen molar-refractivity contribution >= 4 is 11.6 Å². The molecule has 1 heterocycles. The monoisotopic (exact) mass is 228 g/mol. The molecule has 3 N–H and O–H groups in total. The van der Waals surface area contributed by atoms with Crippen molar-refractivity contribution < 1.29 is 0 Å². The molecule has 0 unspecified atom stereocenters. The molecule has 0 spiro atoms. The summed E-state index contributed by atoms with van der Waals surface area (Å²) in [4.78, 5) is 0. The van der Waals surface area contributed by atoms with Crippen LogP contribution in [0.4, 0.5) is 11.6 Å². The van der Waals surface area contributed by atoms with Gasteiger partial charge in [-0.05, 0) is 31.9 Å². The number of nitrogens with one attached hydrogen (secondary N) is 1. The Morgan fingerprint density at radius 3 is 2.65 bits per heavy atom. The van der Waals surface area contributed by atoms with Crippen LogP contribution in [-0.2, 0) is 0 Å². The number of aromatic nitrogens is 2. The molecule has 1 fully saturated rings. The lowest BCUT2D eigenvalue weighted by Gasteiger charge is -2.08. The van der Waals surface area contributed by atoms with Gasteiger partial charge in [-0.2, -0.15) is 0 Å². The second kappa shape index (κ2) is 3.80. The van der Waals surface area contributed by atoms with Crippen molar-refractivity contribution in [3.05, 3.63) is 35.9 Å². The lowest BCUT2D eigenvalue weighted by Crippen LogP contribution is -2.07. The predicted octanol–water partition coefficient (Wildman–Crippen LogP) is 2.34. The van der Waals surface area contributed by atoms with Crippen molar-refractivity contribution in [2.45, 2.75) is 25.8 Å². The van der Waals surface area contributed by atoms with Gasteiger partial charge in [-0.3, -0.25) is 0 Å². The average Bonchev–Trinajstić information content (AvgIpc) is 3.03. The summed E-state index contributed by atoms with van der Waals surface area (Å²) in [6.07, 6.45) is 2.47. The Morgan fingerprint density at radius 2 is 2.00 bits per heavy atom. The van der Waals surface area contributed by atoms with Gasteiger partial charge in [0.2, 0.25) is 0 Å². The molecule has 1 aromatic carbocycles. The van der Waals surface area contributed by atoms with Crippen molar-refractivity contribution in [2.75, 3.05) is 11.1 Å². The molecule has 2 aromatic rings. The largest absolute Gasteiger partial charge is 0.382 e. The minimum absolute atomic E-state index is 0.550. The van der Waals surface area contributed by atoms with Gasteiger partial charge in [-0.1, -0.05) is 17.7 Å². The van der Waals surface area contributed by atoms with Gasteiger partial charge in [0, 0.05) is 12.1 Å². The highest BCUT2D eigenvalue weighted by Crippen LogP contribution is 2.27. The van der Waals surface area contributed by atoms with Crippen LogP contribution < -0.4 is 11.1 Å². The molecule has 88 valence electrons. The summed E-state index contributed by atoms with van der Waals surface area (Å²) in [5, 5.41) is 7.76. The smallest absolute Gasteiger partial charge is 0.148 e. The van der Waals surface area contributed by atoms with E-state index in [9.17, 15) is 0 Å². The molecule has 0 atom stereocenters. The number of rotatable bonds is 3. The fourth-order valence-electron chi connectivity index (χ4n) is 1.82. The average molecular weight is 228 g/mol. The summed E-state index contributed by atoms with van der Waals surface area (Å²) in [7, 11) is 0. The maximum absolute atomic E-state index is 5.77. The van der Waals surface area contributed by atoms with Gasteiger partial charge in [0.1, 0.15) is 11.6 Å². The SMILES string of the molecule is Cc1ccc(-n2nc(N)cc2NC2CC2)cc1. The van der Waals surface area contributed by atoms with E-state index >= 15 is 0 Å². The molecule has 4 nitrogen and oxygen atoms in total. The normalized spacial score (nSPS) is 14.9. The van der Waals surface area contributed by atoms with Crippen molar-refractivity contribution in [1.82, 2.24) is 9.78 Å². The van der Waals surface area contributed by atoms with Crippen LogP contribution in [-0.4, -0.2) is 15.8 Å². The maximum Gasteiger partial charge on any atom is 0.148 e. The molecular weight excluding hydrogens is 212 g/mol. The Kier molecular flexibility index (Phi) is 2.28. The zero-order valence-electron chi connectivity index (χ0n) is 9.85. The van der Waals surface area contributed by atoms with E-state index in [-0.39, 0.29) is 0 Å². The minimum Gasteiger partial charge on any atom is -0.382 e. The Hall–Kier alpha value is -1.97. The predicted molar refractivity (Wildman–Crippen MR) is 69.4 cm³/mol. The van der Waals surface area contributed by atoms with Crippen LogP contribution in [0.2, 0.25) is 0 Å². The number of nitrogen functional groups attached to an aromatic ring is 1. The van der Waals surface area contributed by atoms with Gasteiger partial charge in [0.15, 0.2) is 0 Å². The number of benzene rings is 1. The molecule has 1 saturated carbocycles. The van der Waals surface area contributed by atoms with Crippen LogP contribution in [0.5, 0.6) is 0 Å². The molecule has 1 aliphatic carbocycles. The summed E-state index contributed by atoms with van der Waals surface area (Å²) in [5.74, 6) is 1.53. The molecule has 0 amide bonds. The van der Waals surface area contributed by atoms with Crippen molar-refractivity contribution in [3.8, 4) is 5.69 Å². The lowest BCUT2D eigenvalue weighted by atomic mass is 10.2. The topological polar surface area (TPSA) is 55.9 Å². The number of hydrogen-bond acceptors (Lipinski definition) is 3. The van der Waals surface area contributed by atoms with Gasteiger partial charge < -0.3 is 11.1 Å². The molecule has 0 bridgehead atoms. The standard InChI is InChI=1S/C13H16N4/c1-9-2-6-11(7-3-9)17-13(8-12(14)16-17)15-10-4-5-10/h2-3,6-8,10,15H,4-5H2,1H3,(H2,14,16). The van der Waals surface area contributed by atoms with E-state index in [0.29, 0.717) is 11.9 Å². The molecule has 3 rings (SSSR count). The van der Waals surface area contributed by atoms with Crippen LogP contribution in [0, 0.1) is 6.92 Å². The Labute approximate surface area is 100 Å². The van der Waals surface area contributed by atoms with E-state index in [1.165, 1.54) is 18.4 Å². The van der Waals surface area contributed by atoms with Crippen LogP contribution in [0.15, 0.2) is 30.3 Å². The summed E-state index contributed by atoms with van der Waals surface area (Å²) >= 11 is 0. The Morgan fingerprint density at radius 1 is 1.29 bits per heavy atom. The highest BCUT2D eigenvalue weighted by atomic mass is 15.4. The van der Waals surface area contributed by atoms with Crippen molar-refractivity contribution in [2.24, 2.45) is 0 Å². The van der Waals surface area contributed by atoms with E-state index in [2.05, 4.69) is 41.6 Å². The molecule has 0 saturated heterocycles. The summed E-state index contributed by atoms with van der Waals surface area (Å²) in [6, 6.07) is 10.7. The number of nitrogens with two attached hydrogens (primary N) is 1. The van der Waals surface area contributed by atoms with Gasteiger partial charge in [-0.15, -0.1) is 5.10 Å². The zero-order chi connectivity index (χ0) is 11.8. The first kappa shape index (κ1) is 10.2. The van der Waals surface area contributed by atoms with Crippen molar-refractivity contribution in [1.29, 1.82) is 0 Å². The second-order valence-electron chi connectivity index (χ2n) is 4.62. The maximum atomic E-state index is 5.77. The van der Waals surface area contributed by atoms with Crippen LogP contribution >= 0.6 is 0 Å². The van der Waals surface area contributed by atoms with Gasteiger partial charge in [0.05, 0.1) is 5.69 Å². The molecule has 17 heavy (non-hydrogen) atoms. The highest BCUT2D eigenvalue weighted by Gasteiger charge is 2.22. The zero-order valence-corrected chi connectivity index (χ0v) is 9.85. The summed E-state index contributed by atoms with van der Waals surface area (Å²) in [6.45, 7) is 2.07. The summed E-state index contributed by atoms with van der Waals surface area (Å²) < 4.78 is 1.87. The molecule has 1 aliphatic rings. The molecule has 1 aromatic heterocycles. The number of aryl methyl sites for hydroxylation is 1. The molecular formula is C13H16N4. The first-order valence-corrected chi connectivity index (χ1v) is 5.91. The number of nitrogens with zero attached hydrogens (tertiary/aromatic N) is 2. The third-order valence-corrected chi connectivity index (χ3v) is 2.94. The Balaban J connectivity index is 1.97. The Bertz CT molecular complexity index is 523. The van der Waals surface area contributed by atoms with Crippen LogP contribution in [0.3, 0.4) is 0 Å². The lowest BCUT2D eigenvalue weighted by molar-refractivity contribution is 0.878. The van der Waals surface area contributed by atoms with Gasteiger partial charge in [-0.25, -0.2) is 4.68 Å². The first-order chi connectivity index (χ1) is 8.22. The van der Waals surface area contributed by atoms with E-state index < -0.39 is 0 Å². The van der Waals surface area contributed by atoms with E-state index in [4.69, 9.17) is 5.73 Å². The second-order valence-corrected chi connectivity index (χ2v) is 4.62. The fourth-order valence-corrected chi connectivity index (χ4v) is 1.82. The quantitative estimate of drug-likeness (QED) is 0.847. The molecule has 4 heteroatoms. The van der Waals surface area contributed by atoms with Gasteiger partial charge in [0.25, 0.3) is 0 Å².